The fourth-order valence-corrected chi connectivity index (χ4v) is 2.23. The Morgan fingerprint density at radius 2 is 1.83 bits per heavy atom. The number of aliphatic hydroxyl groups is 2. The number of anilines is 1. The predicted molar refractivity (Wildman–Crippen MR) is 88.5 cm³/mol. The van der Waals surface area contributed by atoms with Crippen molar-refractivity contribution in [2.24, 2.45) is 0 Å². The van der Waals surface area contributed by atoms with Gasteiger partial charge in [-0.15, -0.1) is 0 Å². The van der Waals surface area contributed by atoms with E-state index >= 15 is 0 Å². The molecule has 2 rings (SSSR count). The molecule has 0 aromatic heterocycles. The minimum absolute atomic E-state index is 0.189. The van der Waals surface area contributed by atoms with Crippen LogP contribution in [0.25, 0.3) is 0 Å². The second-order valence-corrected chi connectivity index (χ2v) is 6.76. The first kappa shape index (κ1) is 17.8. The molecule has 1 aliphatic heterocycles. The lowest BCUT2D eigenvalue weighted by molar-refractivity contribution is 0.00578. The van der Waals surface area contributed by atoms with Gasteiger partial charge in [-0.3, -0.25) is 0 Å². The second-order valence-electron chi connectivity index (χ2n) is 6.76. The summed E-state index contributed by atoms with van der Waals surface area (Å²) >= 11 is 0. The van der Waals surface area contributed by atoms with Crippen molar-refractivity contribution in [2.75, 3.05) is 18.5 Å². The molecule has 1 atom stereocenters. The summed E-state index contributed by atoms with van der Waals surface area (Å²) in [6.07, 6.45) is -0.860. The Hall–Kier alpha value is -1.59. The topological polar surface area (TPSA) is 94.7 Å². The standard InChI is InChI=1S/C16H23BN2O4/c1-15(2)16(3,4)23-17(22-15)12-5-11(8-18)6-13(7-12)19-9-14(21)10-20/h5-7,14,19-21H,9-10H2,1-4H3. The first-order valence-electron chi connectivity index (χ1n) is 7.62. The van der Waals surface area contributed by atoms with E-state index in [1.807, 2.05) is 33.8 Å². The summed E-state index contributed by atoms with van der Waals surface area (Å²) in [4.78, 5) is 0. The van der Waals surface area contributed by atoms with Crippen LogP contribution in [-0.4, -0.2) is 47.8 Å². The molecule has 1 aromatic carbocycles. The van der Waals surface area contributed by atoms with Gasteiger partial charge >= 0.3 is 7.12 Å². The Labute approximate surface area is 137 Å². The van der Waals surface area contributed by atoms with E-state index in [2.05, 4.69) is 11.4 Å². The zero-order valence-electron chi connectivity index (χ0n) is 14.0. The molecule has 1 heterocycles. The van der Waals surface area contributed by atoms with Gasteiger partial charge in [0.25, 0.3) is 0 Å². The maximum absolute atomic E-state index is 9.44. The maximum atomic E-state index is 9.44. The van der Waals surface area contributed by atoms with Crippen LogP contribution in [0.3, 0.4) is 0 Å². The van der Waals surface area contributed by atoms with E-state index in [4.69, 9.17) is 14.4 Å². The molecule has 0 saturated carbocycles. The number of nitrogens with zero attached hydrogens (tertiary/aromatic N) is 1. The molecular formula is C16H23BN2O4. The highest BCUT2D eigenvalue weighted by Crippen LogP contribution is 2.36. The zero-order valence-corrected chi connectivity index (χ0v) is 14.0. The van der Waals surface area contributed by atoms with E-state index in [0.29, 0.717) is 11.3 Å². The van der Waals surface area contributed by atoms with E-state index in [0.717, 1.165) is 5.46 Å². The Balaban J connectivity index is 2.24. The number of nitriles is 1. The second kappa shape index (κ2) is 6.50. The Morgan fingerprint density at radius 1 is 1.22 bits per heavy atom. The van der Waals surface area contributed by atoms with Crippen LogP contribution in [0.5, 0.6) is 0 Å². The van der Waals surface area contributed by atoms with Crippen molar-refractivity contribution in [3.63, 3.8) is 0 Å². The molecule has 0 radical (unpaired) electrons. The summed E-state index contributed by atoms with van der Waals surface area (Å²) in [7, 11) is -0.559. The molecule has 1 unspecified atom stereocenters. The molecule has 1 fully saturated rings. The monoisotopic (exact) mass is 318 g/mol. The zero-order chi connectivity index (χ0) is 17.3. The molecule has 23 heavy (non-hydrogen) atoms. The molecule has 0 spiro atoms. The van der Waals surface area contributed by atoms with Crippen molar-refractivity contribution >= 4 is 18.3 Å². The van der Waals surface area contributed by atoms with Gasteiger partial charge in [0, 0.05) is 12.2 Å². The molecule has 3 N–H and O–H groups in total. The number of aliphatic hydroxyl groups excluding tert-OH is 2. The fourth-order valence-electron chi connectivity index (χ4n) is 2.23. The number of nitrogens with one attached hydrogen (secondary N) is 1. The van der Waals surface area contributed by atoms with Crippen LogP contribution in [0.4, 0.5) is 5.69 Å². The highest BCUT2D eigenvalue weighted by atomic mass is 16.7. The van der Waals surface area contributed by atoms with Gasteiger partial charge < -0.3 is 24.8 Å². The summed E-state index contributed by atoms with van der Waals surface area (Å²) in [5.41, 5.74) is 0.963. The van der Waals surface area contributed by atoms with Gasteiger partial charge in [-0.1, -0.05) is 0 Å². The molecule has 0 bridgehead atoms. The highest BCUT2D eigenvalue weighted by Gasteiger charge is 2.51. The van der Waals surface area contributed by atoms with Crippen LogP contribution in [0.15, 0.2) is 18.2 Å². The van der Waals surface area contributed by atoms with E-state index < -0.39 is 24.4 Å². The van der Waals surface area contributed by atoms with Crippen LogP contribution >= 0.6 is 0 Å². The first-order valence-corrected chi connectivity index (χ1v) is 7.62. The van der Waals surface area contributed by atoms with Crippen LogP contribution in [-0.2, 0) is 9.31 Å². The normalized spacial score (nSPS) is 20.1. The van der Waals surface area contributed by atoms with E-state index in [1.165, 1.54) is 0 Å². The van der Waals surface area contributed by atoms with Crippen LogP contribution in [0.2, 0.25) is 0 Å². The summed E-state index contributed by atoms with van der Waals surface area (Å²) in [5.74, 6) is 0. The van der Waals surface area contributed by atoms with Crippen molar-refractivity contribution in [1.82, 2.24) is 0 Å². The third kappa shape index (κ3) is 3.85. The van der Waals surface area contributed by atoms with Crippen molar-refractivity contribution in [3.8, 4) is 6.07 Å². The van der Waals surface area contributed by atoms with Gasteiger partial charge in [0.05, 0.1) is 35.5 Å². The predicted octanol–water partition coefficient (Wildman–Crippen LogP) is 0.623. The SMILES string of the molecule is CC1(C)OB(c2cc(C#N)cc(NCC(O)CO)c2)OC1(C)C. The molecule has 1 saturated heterocycles. The van der Waals surface area contributed by atoms with Crippen LogP contribution < -0.4 is 10.8 Å². The third-order valence-corrected chi connectivity index (χ3v) is 4.36. The molecule has 124 valence electrons. The minimum Gasteiger partial charge on any atom is -0.399 e. The quantitative estimate of drug-likeness (QED) is 0.689. The average molecular weight is 318 g/mol. The number of benzene rings is 1. The van der Waals surface area contributed by atoms with E-state index in [1.54, 1.807) is 12.1 Å². The molecule has 6 nitrogen and oxygen atoms in total. The third-order valence-electron chi connectivity index (χ3n) is 4.36. The summed E-state index contributed by atoms with van der Waals surface area (Å²) in [5, 5.41) is 30.5. The molecule has 1 aliphatic rings. The number of hydrogen-bond donors (Lipinski definition) is 3. The highest BCUT2D eigenvalue weighted by molar-refractivity contribution is 6.62. The van der Waals surface area contributed by atoms with Crippen LogP contribution in [0.1, 0.15) is 33.3 Å². The molecule has 7 heteroatoms. The lowest BCUT2D eigenvalue weighted by Gasteiger charge is -2.32. The molecule has 0 amide bonds. The summed E-state index contributed by atoms with van der Waals surface area (Å²) in [6, 6.07) is 7.35. The molecular weight excluding hydrogens is 295 g/mol. The lowest BCUT2D eigenvalue weighted by atomic mass is 9.78. The number of rotatable bonds is 5. The fraction of sp³-hybridized carbons (Fsp3) is 0.562. The summed E-state index contributed by atoms with van der Waals surface area (Å²) < 4.78 is 12.0. The Bertz CT molecular complexity index is 597. The number of hydrogen-bond acceptors (Lipinski definition) is 6. The van der Waals surface area contributed by atoms with Crippen molar-refractivity contribution < 1.29 is 19.5 Å². The first-order chi connectivity index (χ1) is 10.7. The Kier molecular flexibility index (Phi) is 5.02. The van der Waals surface area contributed by atoms with E-state index in [9.17, 15) is 10.4 Å². The van der Waals surface area contributed by atoms with Gasteiger partial charge in [-0.05, 0) is 51.4 Å². The van der Waals surface area contributed by atoms with Gasteiger partial charge in [-0.2, -0.15) is 5.26 Å². The Morgan fingerprint density at radius 3 is 2.35 bits per heavy atom. The van der Waals surface area contributed by atoms with Crippen molar-refractivity contribution in [1.29, 1.82) is 5.26 Å². The molecule has 1 aromatic rings. The van der Waals surface area contributed by atoms with Gasteiger partial charge in [0.15, 0.2) is 0 Å². The molecule has 0 aliphatic carbocycles. The minimum atomic E-state index is -0.860. The smallest absolute Gasteiger partial charge is 0.399 e. The largest absolute Gasteiger partial charge is 0.494 e. The average Bonchev–Trinajstić information content (AvgIpc) is 2.72. The van der Waals surface area contributed by atoms with Crippen LogP contribution in [0, 0.1) is 11.3 Å². The van der Waals surface area contributed by atoms with E-state index in [-0.39, 0.29) is 13.2 Å². The van der Waals surface area contributed by atoms with Crippen molar-refractivity contribution in [2.45, 2.75) is 45.0 Å². The lowest BCUT2D eigenvalue weighted by Crippen LogP contribution is -2.41. The van der Waals surface area contributed by atoms with Gasteiger partial charge in [-0.25, -0.2) is 0 Å². The van der Waals surface area contributed by atoms with Gasteiger partial charge in [0.1, 0.15) is 0 Å². The summed E-state index contributed by atoms with van der Waals surface area (Å²) in [6.45, 7) is 7.74. The maximum Gasteiger partial charge on any atom is 0.494 e. The van der Waals surface area contributed by atoms with Crippen molar-refractivity contribution in [3.05, 3.63) is 23.8 Å². The van der Waals surface area contributed by atoms with Gasteiger partial charge in [0.2, 0.25) is 0 Å².